The molecule has 0 aromatic carbocycles. The van der Waals surface area contributed by atoms with Gasteiger partial charge in [-0.05, 0) is 23.3 Å². The van der Waals surface area contributed by atoms with Gasteiger partial charge >= 0.3 is 0 Å². The molecule has 90 valence electrons. The van der Waals surface area contributed by atoms with Gasteiger partial charge in [0.2, 0.25) is 5.16 Å². The fraction of sp³-hybridized carbons (Fsp3) is 0.889. The summed E-state index contributed by atoms with van der Waals surface area (Å²) in [5.41, 5.74) is 0. The maximum absolute atomic E-state index is 5.33. The molecule has 2 heterocycles. The second-order valence-electron chi connectivity index (χ2n) is 3.59. The summed E-state index contributed by atoms with van der Waals surface area (Å²) in [6.07, 6.45) is 1.98. The van der Waals surface area contributed by atoms with Gasteiger partial charge < -0.3 is 9.47 Å². The van der Waals surface area contributed by atoms with Gasteiger partial charge in [0, 0.05) is 26.1 Å². The van der Waals surface area contributed by atoms with Crippen LogP contribution in [-0.2, 0) is 9.47 Å². The van der Waals surface area contributed by atoms with E-state index in [4.69, 9.17) is 9.47 Å². The Labute approximate surface area is 98.7 Å². The van der Waals surface area contributed by atoms with Crippen molar-refractivity contribution in [2.75, 3.05) is 32.7 Å². The molecule has 1 fully saturated rings. The standard InChI is InChI=1S/C9H16N4O2S/c1-14-6-7-16-9-10-11-12-13(9)8-2-4-15-5-3-8/h8H,2-7H2,1H3. The Kier molecular flexibility index (Phi) is 4.55. The van der Waals surface area contributed by atoms with Crippen LogP contribution in [0.2, 0.25) is 0 Å². The van der Waals surface area contributed by atoms with Crippen LogP contribution in [0.4, 0.5) is 0 Å². The Morgan fingerprint density at radius 1 is 1.50 bits per heavy atom. The molecular weight excluding hydrogens is 228 g/mol. The predicted molar refractivity (Wildman–Crippen MR) is 59.5 cm³/mol. The molecule has 1 saturated heterocycles. The van der Waals surface area contributed by atoms with Crippen LogP contribution in [0.15, 0.2) is 5.16 Å². The van der Waals surface area contributed by atoms with Crippen LogP contribution in [0.1, 0.15) is 18.9 Å². The van der Waals surface area contributed by atoms with Crippen molar-refractivity contribution in [3.8, 4) is 0 Å². The molecule has 7 heteroatoms. The topological polar surface area (TPSA) is 62.1 Å². The third kappa shape index (κ3) is 2.93. The van der Waals surface area contributed by atoms with E-state index < -0.39 is 0 Å². The van der Waals surface area contributed by atoms with Crippen LogP contribution in [-0.4, -0.2) is 52.9 Å². The molecule has 1 aromatic heterocycles. The van der Waals surface area contributed by atoms with Crippen molar-refractivity contribution >= 4 is 11.8 Å². The highest BCUT2D eigenvalue weighted by Gasteiger charge is 2.20. The maximum atomic E-state index is 5.33. The first-order valence-corrected chi connectivity index (χ1v) is 6.37. The summed E-state index contributed by atoms with van der Waals surface area (Å²) in [7, 11) is 1.70. The summed E-state index contributed by atoms with van der Waals surface area (Å²) in [4.78, 5) is 0. The first-order valence-electron chi connectivity index (χ1n) is 5.39. The normalized spacial score (nSPS) is 17.8. The SMILES string of the molecule is COCCSc1nnnn1C1CCOCC1. The van der Waals surface area contributed by atoms with Crippen LogP contribution >= 0.6 is 11.8 Å². The highest BCUT2D eigenvalue weighted by atomic mass is 32.2. The number of nitrogens with zero attached hydrogens (tertiary/aromatic N) is 4. The number of hydrogen-bond acceptors (Lipinski definition) is 6. The van der Waals surface area contributed by atoms with Crippen molar-refractivity contribution in [1.29, 1.82) is 0 Å². The van der Waals surface area contributed by atoms with E-state index >= 15 is 0 Å². The lowest BCUT2D eigenvalue weighted by molar-refractivity contribution is 0.0631. The lowest BCUT2D eigenvalue weighted by Gasteiger charge is -2.22. The van der Waals surface area contributed by atoms with Crippen LogP contribution in [0.3, 0.4) is 0 Å². The third-order valence-electron chi connectivity index (χ3n) is 2.52. The zero-order valence-corrected chi connectivity index (χ0v) is 10.2. The summed E-state index contributed by atoms with van der Waals surface area (Å²) in [6.45, 7) is 2.31. The molecule has 0 spiro atoms. The fourth-order valence-electron chi connectivity index (χ4n) is 1.66. The number of tetrazole rings is 1. The van der Waals surface area contributed by atoms with E-state index in [-0.39, 0.29) is 0 Å². The van der Waals surface area contributed by atoms with Crippen molar-refractivity contribution in [1.82, 2.24) is 20.2 Å². The second kappa shape index (κ2) is 6.17. The molecule has 2 rings (SSSR count). The van der Waals surface area contributed by atoms with Crippen LogP contribution in [0, 0.1) is 0 Å². The van der Waals surface area contributed by atoms with Crippen molar-refractivity contribution in [2.45, 2.75) is 24.0 Å². The van der Waals surface area contributed by atoms with Crippen LogP contribution in [0.25, 0.3) is 0 Å². The molecule has 0 bridgehead atoms. The summed E-state index contributed by atoms with van der Waals surface area (Å²) >= 11 is 1.63. The molecule has 6 nitrogen and oxygen atoms in total. The largest absolute Gasteiger partial charge is 0.384 e. The van der Waals surface area contributed by atoms with Gasteiger partial charge in [0.1, 0.15) is 0 Å². The molecular formula is C9H16N4O2S. The quantitative estimate of drug-likeness (QED) is 0.563. The number of rotatable bonds is 5. The number of aromatic nitrogens is 4. The number of thioether (sulfide) groups is 1. The van der Waals surface area contributed by atoms with E-state index in [2.05, 4.69) is 15.5 Å². The molecule has 0 radical (unpaired) electrons. The Bertz CT molecular complexity index is 314. The van der Waals surface area contributed by atoms with Gasteiger partial charge in [-0.25, -0.2) is 4.68 Å². The molecule has 0 atom stereocenters. The highest BCUT2D eigenvalue weighted by Crippen LogP contribution is 2.24. The van der Waals surface area contributed by atoms with Crippen molar-refractivity contribution in [2.24, 2.45) is 0 Å². The Morgan fingerprint density at radius 3 is 3.06 bits per heavy atom. The average Bonchev–Trinajstić information content (AvgIpc) is 2.79. The van der Waals surface area contributed by atoms with Gasteiger partial charge in [-0.1, -0.05) is 11.8 Å². The van der Waals surface area contributed by atoms with Gasteiger partial charge in [0.15, 0.2) is 0 Å². The highest BCUT2D eigenvalue weighted by molar-refractivity contribution is 7.99. The minimum Gasteiger partial charge on any atom is -0.384 e. The van der Waals surface area contributed by atoms with E-state index in [0.717, 1.165) is 37.0 Å². The van der Waals surface area contributed by atoms with Gasteiger partial charge in [0.25, 0.3) is 0 Å². The van der Waals surface area contributed by atoms with Gasteiger partial charge in [-0.2, -0.15) is 0 Å². The molecule has 0 amide bonds. The molecule has 0 N–H and O–H groups in total. The van der Waals surface area contributed by atoms with E-state index in [9.17, 15) is 0 Å². The summed E-state index contributed by atoms with van der Waals surface area (Å²) in [5.74, 6) is 0.875. The lowest BCUT2D eigenvalue weighted by atomic mass is 10.1. The molecule has 1 aromatic rings. The van der Waals surface area contributed by atoms with Gasteiger partial charge in [0.05, 0.1) is 12.6 Å². The average molecular weight is 244 g/mol. The number of ether oxygens (including phenoxy) is 2. The number of methoxy groups -OCH3 is 1. The Hall–Kier alpha value is -0.660. The molecule has 1 aliphatic rings. The second-order valence-corrected chi connectivity index (χ2v) is 4.65. The molecule has 0 unspecified atom stereocenters. The molecule has 1 aliphatic heterocycles. The first kappa shape index (κ1) is 11.8. The van der Waals surface area contributed by atoms with E-state index in [0.29, 0.717) is 12.6 Å². The zero-order chi connectivity index (χ0) is 11.2. The van der Waals surface area contributed by atoms with Crippen LogP contribution in [0.5, 0.6) is 0 Å². The smallest absolute Gasteiger partial charge is 0.209 e. The predicted octanol–water partition coefficient (Wildman–Crippen LogP) is 0.763. The zero-order valence-electron chi connectivity index (χ0n) is 9.33. The molecule has 0 saturated carbocycles. The summed E-state index contributed by atoms with van der Waals surface area (Å²) in [6, 6.07) is 0.383. The summed E-state index contributed by atoms with van der Waals surface area (Å²) < 4.78 is 12.3. The number of hydrogen-bond donors (Lipinski definition) is 0. The van der Waals surface area contributed by atoms with E-state index in [1.165, 1.54) is 0 Å². The van der Waals surface area contributed by atoms with Crippen molar-refractivity contribution < 1.29 is 9.47 Å². The van der Waals surface area contributed by atoms with Gasteiger partial charge in [-0.3, -0.25) is 0 Å². The fourth-order valence-corrected chi connectivity index (χ4v) is 2.50. The van der Waals surface area contributed by atoms with Gasteiger partial charge in [-0.15, -0.1) is 5.10 Å². The molecule has 16 heavy (non-hydrogen) atoms. The molecule has 0 aliphatic carbocycles. The minimum absolute atomic E-state index is 0.383. The lowest BCUT2D eigenvalue weighted by Crippen LogP contribution is -2.21. The van der Waals surface area contributed by atoms with Crippen molar-refractivity contribution in [3.05, 3.63) is 0 Å². The van der Waals surface area contributed by atoms with E-state index in [1.54, 1.807) is 18.9 Å². The maximum Gasteiger partial charge on any atom is 0.209 e. The van der Waals surface area contributed by atoms with Crippen LogP contribution < -0.4 is 0 Å². The Morgan fingerprint density at radius 2 is 2.31 bits per heavy atom. The van der Waals surface area contributed by atoms with E-state index in [1.807, 2.05) is 4.68 Å². The van der Waals surface area contributed by atoms with Crippen molar-refractivity contribution in [3.63, 3.8) is 0 Å². The Balaban J connectivity index is 1.94. The minimum atomic E-state index is 0.383. The third-order valence-corrected chi connectivity index (χ3v) is 3.42. The summed E-state index contributed by atoms with van der Waals surface area (Å²) in [5, 5.41) is 12.7. The first-order chi connectivity index (χ1) is 7.92. The monoisotopic (exact) mass is 244 g/mol.